The average Bonchev–Trinajstić information content (AvgIpc) is 3.01. The molecule has 0 radical (unpaired) electrons. The van der Waals surface area contributed by atoms with Gasteiger partial charge < -0.3 is 20.0 Å². The highest BCUT2D eigenvalue weighted by Gasteiger charge is 2.26. The molecule has 2 N–H and O–H groups in total. The molecule has 1 saturated heterocycles. The fourth-order valence-electron chi connectivity index (χ4n) is 2.92. The van der Waals surface area contributed by atoms with Gasteiger partial charge in [0.15, 0.2) is 5.76 Å². The second-order valence-corrected chi connectivity index (χ2v) is 5.69. The molecule has 0 bridgehead atoms. The summed E-state index contributed by atoms with van der Waals surface area (Å²) < 4.78 is 5.45. The van der Waals surface area contributed by atoms with Crippen molar-refractivity contribution in [1.82, 2.24) is 9.80 Å². The van der Waals surface area contributed by atoms with Crippen LogP contribution in [0.4, 0.5) is 0 Å². The van der Waals surface area contributed by atoms with E-state index in [-0.39, 0.29) is 5.91 Å². The molecule has 0 aliphatic carbocycles. The van der Waals surface area contributed by atoms with Gasteiger partial charge in [-0.2, -0.15) is 0 Å². The summed E-state index contributed by atoms with van der Waals surface area (Å²) in [5, 5.41) is 0. The number of amides is 1. The van der Waals surface area contributed by atoms with Crippen molar-refractivity contribution in [3.8, 4) is 0 Å². The smallest absolute Gasteiger partial charge is 0.289 e. The highest BCUT2D eigenvalue weighted by Crippen LogP contribution is 2.20. The van der Waals surface area contributed by atoms with Crippen molar-refractivity contribution in [3.05, 3.63) is 23.7 Å². The number of carbonyl (C=O) groups excluding carboxylic acids is 1. The molecule has 1 aliphatic heterocycles. The van der Waals surface area contributed by atoms with E-state index in [0.717, 1.165) is 45.6 Å². The maximum absolute atomic E-state index is 12.4. The summed E-state index contributed by atoms with van der Waals surface area (Å²) in [6, 6.07) is 3.51. The Kier molecular flexibility index (Phi) is 5.82. The Bertz CT molecular complexity index is 446. The van der Waals surface area contributed by atoms with E-state index in [2.05, 4.69) is 18.7 Å². The minimum atomic E-state index is -0.00371. The lowest BCUT2D eigenvalue weighted by molar-refractivity contribution is 0.0636. The number of hydrogen-bond donors (Lipinski definition) is 1. The zero-order valence-electron chi connectivity index (χ0n) is 13.2. The number of nitrogens with zero attached hydrogens (tertiary/aromatic N) is 2. The highest BCUT2D eigenvalue weighted by molar-refractivity contribution is 5.91. The molecule has 2 heterocycles. The molecular weight excluding hydrogens is 266 g/mol. The zero-order chi connectivity index (χ0) is 15.2. The number of nitrogens with two attached hydrogens (primary N) is 1. The number of likely N-dealkylation sites (tertiary alicyclic amines) is 1. The van der Waals surface area contributed by atoms with Gasteiger partial charge in [-0.15, -0.1) is 0 Å². The standard InChI is InChI=1S/C16H27N3O2/c1-3-18(4-2)12-13-7-9-19(10-8-13)16(20)15-6-5-14(11-17)21-15/h5-6,13H,3-4,7-12,17H2,1-2H3. The van der Waals surface area contributed by atoms with Gasteiger partial charge in [0.2, 0.25) is 0 Å². The molecular formula is C16H27N3O2. The largest absolute Gasteiger partial charge is 0.455 e. The van der Waals surface area contributed by atoms with Gasteiger partial charge in [0, 0.05) is 19.6 Å². The molecule has 0 atom stereocenters. The van der Waals surface area contributed by atoms with Gasteiger partial charge in [-0.3, -0.25) is 4.79 Å². The van der Waals surface area contributed by atoms with Crippen LogP contribution in [0.3, 0.4) is 0 Å². The SMILES string of the molecule is CCN(CC)CC1CCN(C(=O)c2ccc(CN)o2)CC1. The van der Waals surface area contributed by atoms with E-state index in [4.69, 9.17) is 10.2 Å². The van der Waals surface area contributed by atoms with Crippen molar-refractivity contribution >= 4 is 5.91 Å². The molecule has 5 nitrogen and oxygen atoms in total. The molecule has 21 heavy (non-hydrogen) atoms. The van der Waals surface area contributed by atoms with Crippen LogP contribution in [0.15, 0.2) is 16.5 Å². The van der Waals surface area contributed by atoms with E-state index in [0.29, 0.717) is 24.0 Å². The fourth-order valence-corrected chi connectivity index (χ4v) is 2.92. The predicted octanol–water partition coefficient (Wildman–Crippen LogP) is 1.93. The van der Waals surface area contributed by atoms with Crippen molar-refractivity contribution < 1.29 is 9.21 Å². The zero-order valence-corrected chi connectivity index (χ0v) is 13.2. The van der Waals surface area contributed by atoms with E-state index in [1.165, 1.54) is 0 Å². The molecule has 1 amide bonds. The van der Waals surface area contributed by atoms with Crippen LogP contribution in [0, 0.1) is 5.92 Å². The number of rotatable bonds is 6. The molecule has 118 valence electrons. The second-order valence-electron chi connectivity index (χ2n) is 5.69. The molecule has 0 saturated carbocycles. The summed E-state index contributed by atoms with van der Waals surface area (Å²) in [5.41, 5.74) is 5.51. The molecule has 1 aromatic rings. The number of hydrogen-bond acceptors (Lipinski definition) is 4. The molecule has 5 heteroatoms. The Morgan fingerprint density at radius 2 is 2.00 bits per heavy atom. The normalized spacial score (nSPS) is 16.7. The number of piperidine rings is 1. The summed E-state index contributed by atoms with van der Waals surface area (Å²) >= 11 is 0. The van der Waals surface area contributed by atoms with Crippen LogP contribution in [0.2, 0.25) is 0 Å². The van der Waals surface area contributed by atoms with Gasteiger partial charge in [0.05, 0.1) is 6.54 Å². The van der Waals surface area contributed by atoms with Crippen LogP contribution in [0.5, 0.6) is 0 Å². The summed E-state index contributed by atoms with van der Waals surface area (Å²) in [7, 11) is 0. The lowest BCUT2D eigenvalue weighted by Crippen LogP contribution is -2.41. The summed E-state index contributed by atoms with van der Waals surface area (Å²) in [6.07, 6.45) is 2.15. The van der Waals surface area contributed by atoms with Gasteiger partial charge in [-0.25, -0.2) is 0 Å². The Hall–Kier alpha value is -1.33. The molecule has 1 fully saturated rings. The lowest BCUT2D eigenvalue weighted by atomic mass is 9.96. The minimum absolute atomic E-state index is 0.00371. The van der Waals surface area contributed by atoms with E-state index in [9.17, 15) is 4.79 Å². The van der Waals surface area contributed by atoms with Crippen molar-refractivity contribution in [3.63, 3.8) is 0 Å². The molecule has 0 aromatic carbocycles. The highest BCUT2D eigenvalue weighted by atomic mass is 16.4. The molecule has 1 aromatic heterocycles. The van der Waals surface area contributed by atoms with E-state index >= 15 is 0 Å². The number of furan rings is 1. The molecule has 0 spiro atoms. The first kappa shape index (κ1) is 16.0. The topological polar surface area (TPSA) is 62.7 Å². The van der Waals surface area contributed by atoms with Crippen LogP contribution in [0.1, 0.15) is 43.0 Å². The third-order valence-corrected chi connectivity index (χ3v) is 4.39. The monoisotopic (exact) mass is 293 g/mol. The van der Waals surface area contributed by atoms with Gasteiger partial charge >= 0.3 is 0 Å². The van der Waals surface area contributed by atoms with Crippen LogP contribution < -0.4 is 5.73 Å². The quantitative estimate of drug-likeness (QED) is 0.870. The average molecular weight is 293 g/mol. The third-order valence-electron chi connectivity index (χ3n) is 4.39. The van der Waals surface area contributed by atoms with E-state index < -0.39 is 0 Å². The molecule has 0 unspecified atom stereocenters. The first-order valence-corrected chi connectivity index (χ1v) is 7.98. The van der Waals surface area contributed by atoms with Crippen LogP contribution in [-0.2, 0) is 6.54 Å². The number of carbonyl (C=O) groups is 1. The minimum Gasteiger partial charge on any atom is -0.455 e. The predicted molar refractivity (Wildman–Crippen MR) is 83.0 cm³/mol. The summed E-state index contributed by atoms with van der Waals surface area (Å²) in [5.74, 6) is 1.77. The van der Waals surface area contributed by atoms with Crippen molar-refractivity contribution in [1.29, 1.82) is 0 Å². The molecule has 2 rings (SSSR count). The first-order chi connectivity index (χ1) is 10.2. The van der Waals surface area contributed by atoms with Crippen molar-refractivity contribution in [2.45, 2.75) is 33.2 Å². The van der Waals surface area contributed by atoms with Gasteiger partial charge in [-0.05, 0) is 44.0 Å². The van der Waals surface area contributed by atoms with Crippen LogP contribution in [-0.4, -0.2) is 48.4 Å². The van der Waals surface area contributed by atoms with E-state index in [1.54, 1.807) is 12.1 Å². The summed E-state index contributed by atoms with van der Waals surface area (Å²) in [4.78, 5) is 16.7. The summed E-state index contributed by atoms with van der Waals surface area (Å²) in [6.45, 7) is 9.73. The maximum atomic E-state index is 12.4. The van der Waals surface area contributed by atoms with Crippen LogP contribution >= 0.6 is 0 Å². The van der Waals surface area contributed by atoms with Gasteiger partial charge in [-0.1, -0.05) is 13.8 Å². The fraction of sp³-hybridized carbons (Fsp3) is 0.688. The lowest BCUT2D eigenvalue weighted by Gasteiger charge is -2.34. The van der Waals surface area contributed by atoms with Gasteiger partial charge in [0.25, 0.3) is 5.91 Å². The first-order valence-electron chi connectivity index (χ1n) is 7.98. The Balaban J connectivity index is 1.84. The van der Waals surface area contributed by atoms with E-state index in [1.807, 2.05) is 4.90 Å². The Labute approximate surface area is 127 Å². The van der Waals surface area contributed by atoms with Crippen LogP contribution in [0.25, 0.3) is 0 Å². The Morgan fingerprint density at radius 1 is 1.33 bits per heavy atom. The van der Waals surface area contributed by atoms with Gasteiger partial charge in [0.1, 0.15) is 5.76 Å². The molecule has 1 aliphatic rings. The second kappa shape index (κ2) is 7.61. The third kappa shape index (κ3) is 4.08. The maximum Gasteiger partial charge on any atom is 0.289 e. The van der Waals surface area contributed by atoms with Crippen molar-refractivity contribution in [2.75, 3.05) is 32.7 Å². The van der Waals surface area contributed by atoms with Crippen molar-refractivity contribution in [2.24, 2.45) is 11.7 Å². The Morgan fingerprint density at radius 3 is 2.52 bits per heavy atom.